The maximum absolute atomic E-state index is 5.40. The molecule has 12 heavy (non-hydrogen) atoms. The van der Waals surface area contributed by atoms with Crippen molar-refractivity contribution in [1.82, 2.24) is 9.97 Å². The molecule has 64 valence electrons. The molecule has 1 aliphatic rings. The van der Waals surface area contributed by atoms with Gasteiger partial charge in [-0.05, 0) is 19.4 Å². The van der Waals surface area contributed by atoms with Gasteiger partial charge in [0.2, 0.25) is 0 Å². The molecule has 0 aliphatic heterocycles. The zero-order valence-electron chi connectivity index (χ0n) is 7.03. The van der Waals surface area contributed by atoms with Crippen molar-refractivity contribution in [3.05, 3.63) is 23.8 Å². The van der Waals surface area contributed by atoms with Crippen molar-refractivity contribution in [1.29, 1.82) is 0 Å². The molecule has 3 heteroatoms. The molecule has 2 N–H and O–H groups in total. The van der Waals surface area contributed by atoms with Crippen molar-refractivity contribution in [2.24, 2.45) is 5.73 Å². The number of aromatic nitrogens is 2. The normalized spacial score (nSPS) is 16.4. The summed E-state index contributed by atoms with van der Waals surface area (Å²) in [6.45, 7) is 0.650. The average Bonchev–Trinajstić information content (AvgIpc) is 2.89. The van der Waals surface area contributed by atoms with Crippen molar-refractivity contribution in [2.75, 3.05) is 6.54 Å². The molecule has 1 heterocycles. The van der Waals surface area contributed by atoms with E-state index < -0.39 is 0 Å². The lowest BCUT2D eigenvalue weighted by atomic mass is 10.3. The molecule has 1 saturated carbocycles. The molecule has 0 aromatic carbocycles. The van der Waals surface area contributed by atoms with E-state index in [9.17, 15) is 0 Å². The lowest BCUT2D eigenvalue weighted by Crippen LogP contribution is -2.05. The summed E-state index contributed by atoms with van der Waals surface area (Å²) < 4.78 is 0. The van der Waals surface area contributed by atoms with E-state index in [4.69, 9.17) is 5.73 Å². The minimum Gasteiger partial charge on any atom is -0.330 e. The van der Waals surface area contributed by atoms with Gasteiger partial charge in [0.25, 0.3) is 0 Å². The first-order valence-electron chi connectivity index (χ1n) is 4.41. The van der Waals surface area contributed by atoms with Crippen LogP contribution in [0.4, 0.5) is 0 Å². The molecule has 0 bridgehead atoms. The molecular weight excluding hydrogens is 150 g/mol. The Morgan fingerprint density at radius 1 is 1.33 bits per heavy atom. The Kier molecular flexibility index (Phi) is 2.04. The first-order chi connectivity index (χ1) is 5.90. The van der Waals surface area contributed by atoms with Gasteiger partial charge >= 0.3 is 0 Å². The molecule has 0 unspecified atom stereocenters. The van der Waals surface area contributed by atoms with Crippen LogP contribution in [0.15, 0.2) is 12.4 Å². The third kappa shape index (κ3) is 1.61. The Labute approximate surface area is 72.0 Å². The standard InChI is InChI=1S/C9H13N3/c10-4-3-8-5-12-9(6-11-8)7-1-2-7/h5-7H,1-4,10H2. The molecule has 1 aromatic rings. The highest BCUT2D eigenvalue weighted by Gasteiger charge is 2.24. The first kappa shape index (κ1) is 7.68. The molecule has 0 radical (unpaired) electrons. The fraction of sp³-hybridized carbons (Fsp3) is 0.556. The number of nitrogens with two attached hydrogens (primary N) is 1. The summed E-state index contributed by atoms with van der Waals surface area (Å²) in [5, 5.41) is 0. The Morgan fingerprint density at radius 3 is 2.67 bits per heavy atom. The summed E-state index contributed by atoms with van der Waals surface area (Å²) in [7, 11) is 0. The van der Waals surface area contributed by atoms with Gasteiger partial charge < -0.3 is 5.73 Å². The van der Waals surface area contributed by atoms with Crippen molar-refractivity contribution in [3.8, 4) is 0 Å². The van der Waals surface area contributed by atoms with Crippen LogP contribution < -0.4 is 5.73 Å². The van der Waals surface area contributed by atoms with Gasteiger partial charge in [-0.1, -0.05) is 0 Å². The van der Waals surface area contributed by atoms with Crippen LogP contribution in [0, 0.1) is 0 Å². The summed E-state index contributed by atoms with van der Waals surface area (Å²) in [5.74, 6) is 0.699. The second-order valence-corrected chi connectivity index (χ2v) is 3.25. The smallest absolute Gasteiger partial charge is 0.0617 e. The van der Waals surface area contributed by atoms with Crippen molar-refractivity contribution >= 4 is 0 Å². The minimum atomic E-state index is 0.650. The van der Waals surface area contributed by atoms with E-state index in [2.05, 4.69) is 9.97 Å². The molecule has 1 fully saturated rings. The number of nitrogens with zero attached hydrogens (tertiary/aromatic N) is 2. The van der Waals surface area contributed by atoms with Gasteiger partial charge in [0, 0.05) is 24.7 Å². The van der Waals surface area contributed by atoms with Crippen molar-refractivity contribution in [3.63, 3.8) is 0 Å². The van der Waals surface area contributed by atoms with E-state index in [-0.39, 0.29) is 0 Å². The topological polar surface area (TPSA) is 51.8 Å². The summed E-state index contributed by atoms with van der Waals surface area (Å²) in [4.78, 5) is 8.63. The lowest BCUT2D eigenvalue weighted by molar-refractivity contribution is 0.882. The number of hydrogen-bond donors (Lipinski definition) is 1. The SMILES string of the molecule is NCCc1cnc(C2CC2)cn1. The second kappa shape index (κ2) is 3.19. The third-order valence-electron chi connectivity index (χ3n) is 2.12. The molecule has 1 aromatic heterocycles. The highest BCUT2D eigenvalue weighted by atomic mass is 14.8. The van der Waals surface area contributed by atoms with Gasteiger partial charge in [0.1, 0.15) is 0 Å². The summed E-state index contributed by atoms with van der Waals surface area (Å²) in [5.41, 5.74) is 7.55. The van der Waals surface area contributed by atoms with E-state index in [0.717, 1.165) is 17.8 Å². The maximum Gasteiger partial charge on any atom is 0.0617 e. The van der Waals surface area contributed by atoms with Crippen LogP contribution in [-0.4, -0.2) is 16.5 Å². The maximum atomic E-state index is 5.40. The molecule has 0 amide bonds. The van der Waals surface area contributed by atoms with Gasteiger partial charge in [0.05, 0.1) is 11.4 Å². The molecule has 0 atom stereocenters. The lowest BCUT2D eigenvalue weighted by Gasteiger charge is -1.98. The zero-order chi connectivity index (χ0) is 8.39. The highest BCUT2D eigenvalue weighted by Crippen LogP contribution is 2.38. The Balaban J connectivity index is 2.08. The fourth-order valence-corrected chi connectivity index (χ4v) is 1.23. The Hall–Kier alpha value is -0.960. The third-order valence-corrected chi connectivity index (χ3v) is 2.12. The summed E-state index contributed by atoms with van der Waals surface area (Å²) in [6, 6.07) is 0. The predicted octanol–water partition coefficient (Wildman–Crippen LogP) is 0.855. The average molecular weight is 163 g/mol. The Morgan fingerprint density at radius 2 is 2.17 bits per heavy atom. The van der Waals surface area contributed by atoms with E-state index in [0.29, 0.717) is 12.5 Å². The monoisotopic (exact) mass is 163 g/mol. The molecule has 3 nitrogen and oxygen atoms in total. The van der Waals surface area contributed by atoms with Crippen LogP contribution >= 0.6 is 0 Å². The van der Waals surface area contributed by atoms with E-state index in [1.54, 1.807) is 0 Å². The van der Waals surface area contributed by atoms with Crippen LogP contribution in [-0.2, 0) is 6.42 Å². The number of hydrogen-bond acceptors (Lipinski definition) is 3. The van der Waals surface area contributed by atoms with Crippen LogP contribution in [0.2, 0.25) is 0 Å². The van der Waals surface area contributed by atoms with E-state index in [1.807, 2.05) is 12.4 Å². The van der Waals surface area contributed by atoms with Crippen LogP contribution in [0.5, 0.6) is 0 Å². The van der Waals surface area contributed by atoms with Gasteiger partial charge in [-0.2, -0.15) is 0 Å². The molecule has 0 spiro atoms. The largest absolute Gasteiger partial charge is 0.330 e. The number of rotatable bonds is 3. The molecular formula is C9H13N3. The van der Waals surface area contributed by atoms with Crippen molar-refractivity contribution in [2.45, 2.75) is 25.2 Å². The first-order valence-corrected chi connectivity index (χ1v) is 4.41. The molecule has 1 aliphatic carbocycles. The van der Waals surface area contributed by atoms with Crippen LogP contribution in [0.25, 0.3) is 0 Å². The van der Waals surface area contributed by atoms with Gasteiger partial charge in [-0.15, -0.1) is 0 Å². The van der Waals surface area contributed by atoms with Crippen molar-refractivity contribution < 1.29 is 0 Å². The highest BCUT2D eigenvalue weighted by molar-refractivity contribution is 5.12. The Bertz CT molecular complexity index is 251. The zero-order valence-corrected chi connectivity index (χ0v) is 7.03. The second-order valence-electron chi connectivity index (χ2n) is 3.25. The predicted molar refractivity (Wildman–Crippen MR) is 46.8 cm³/mol. The fourth-order valence-electron chi connectivity index (χ4n) is 1.23. The molecule has 0 saturated heterocycles. The van der Waals surface area contributed by atoms with Crippen LogP contribution in [0.1, 0.15) is 30.1 Å². The summed E-state index contributed by atoms with van der Waals surface area (Å²) >= 11 is 0. The molecule has 2 rings (SSSR count). The van der Waals surface area contributed by atoms with E-state index >= 15 is 0 Å². The quantitative estimate of drug-likeness (QED) is 0.718. The minimum absolute atomic E-state index is 0.650. The summed E-state index contributed by atoms with van der Waals surface area (Å²) in [6.07, 6.45) is 7.14. The van der Waals surface area contributed by atoms with Gasteiger partial charge in [-0.3, -0.25) is 9.97 Å². The van der Waals surface area contributed by atoms with Gasteiger partial charge in [0.15, 0.2) is 0 Å². The van der Waals surface area contributed by atoms with Crippen LogP contribution in [0.3, 0.4) is 0 Å². The van der Waals surface area contributed by atoms with E-state index in [1.165, 1.54) is 12.8 Å². The van der Waals surface area contributed by atoms with Gasteiger partial charge in [-0.25, -0.2) is 0 Å².